The Labute approximate surface area is 131 Å². The molecule has 1 atom stereocenters. The highest BCUT2D eigenvalue weighted by atomic mass is 79.9. The first-order valence-corrected chi connectivity index (χ1v) is 8.70. The molecule has 1 N–H and O–H groups in total. The summed E-state index contributed by atoms with van der Waals surface area (Å²) in [6, 6.07) is 7.43. The fourth-order valence-corrected chi connectivity index (χ4v) is 4.49. The molecule has 1 saturated carbocycles. The van der Waals surface area contributed by atoms with Gasteiger partial charge in [-0.3, -0.25) is 0 Å². The molecule has 1 unspecified atom stereocenters. The van der Waals surface area contributed by atoms with Gasteiger partial charge in [0.05, 0.1) is 0 Å². The van der Waals surface area contributed by atoms with Gasteiger partial charge in [0.25, 0.3) is 0 Å². The summed E-state index contributed by atoms with van der Waals surface area (Å²) in [4.78, 5) is 2.65. The monoisotopic (exact) mass is 336 g/mol. The molecule has 3 heteroatoms. The molecule has 1 saturated heterocycles. The van der Waals surface area contributed by atoms with Crippen LogP contribution in [0.2, 0.25) is 0 Å². The number of rotatable bonds is 2. The molecule has 0 bridgehead atoms. The number of aryl methyl sites for hydroxylation is 1. The van der Waals surface area contributed by atoms with E-state index in [9.17, 15) is 0 Å². The largest absolute Gasteiger partial charge is 0.365 e. The maximum absolute atomic E-state index is 3.87. The Morgan fingerprint density at radius 1 is 1.30 bits per heavy atom. The zero-order valence-electron chi connectivity index (χ0n) is 12.6. The van der Waals surface area contributed by atoms with Crippen LogP contribution in [0, 0.1) is 6.92 Å². The normalized spacial score (nSPS) is 25.4. The number of hydrogen-bond acceptors (Lipinski definition) is 2. The van der Waals surface area contributed by atoms with Crippen molar-refractivity contribution in [2.45, 2.75) is 57.5 Å². The second-order valence-corrected chi connectivity index (χ2v) is 7.46. The smallest absolute Gasteiger partial charge is 0.0412 e. The van der Waals surface area contributed by atoms with E-state index in [1.165, 1.54) is 54.4 Å². The third-order valence-electron chi connectivity index (χ3n) is 5.02. The topological polar surface area (TPSA) is 15.3 Å². The minimum atomic E-state index is 0.377. The van der Waals surface area contributed by atoms with Crippen molar-refractivity contribution in [3.05, 3.63) is 28.2 Å². The van der Waals surface area contributed by atoms with E-state index in [1.807, 2.05) is 0 Å². The molecule has 2 fully saturated rings. The van der Waals surface area contributed by atoms with E-state index >= 15 is 0 Å². The zero-order chi connectivity index (χ0) is 14.2. The molecule has 20 heavy (non-hydrogen) atoms. The molecule has 110 valence electrons. The predicted molar refractivity (Wildman–Crippen MR) is 89.5 cm³/mol. The number of piperazine rings is 1. The maximum atomic E-state index is 3.87. The van der Waals surface area contributed by atoms with Crippen molar-refractivity contribution in [2.24, 2.45) is 0 Å². The maximum Gasteiger partial charge on any atom is 0.0412 e. The molecule has 2 nitrogen and oxygen atoms in total. The average molecular weight is 337 g/mol. The third kappa shape index (κ3) is 2.75. The van der Waals surface area contributed by atoms with Gasteiger partial charge in [0.2, 0.25) is 0 Å². The summed E-state index contributed by atoms with van der Waals surface area (Å²) in [6.45, 7) is 6.78. The summed E-state index contributed by atoms with van der Waals surface area (Å²) >= 11 is 3.65. The van der Waals surface area contributed by atoms with Gasteiger partial charge in [-0.05, 0) is 49.9 Å². The Morgan fingerprint density at radius 3 is 2.70 bits per heavy atom. The third-order valence-corrected chi connectivity index (χ3v) is 5.47. The van der Waals surface area contributed by atoms with Gasteiger partial charge in [0.15, 0.2) is 0 Å². The number of hydrogen-bond donors (Lipinski definition) is 1. The van der Waals surface area contributed by atoms with Gasteiger partial charge >= 0.3 is 0 Å². The zero-order valence-corrected chi connectivity index (χ0v) is 14.2. The summed E-state index contributed by atoms with van der Waals surface area (Å²) in [5, 5.41) is 3.87. The highest BCUT2D eigenvalue weighted by Gasteiger charge is 2.40. The molecule has 1 aliphatic heterocycles. The van der Waals surface area contributed by atoms with Crippen LogP contribution in [0.15, 0.2) is 22.7 Å². The van der Waals surface area contributed by atoms with Gasteiger partial charge < -0.3 is 10.2 Å². The summed E-state index contributed by atoms with van der Waals surface area (Å²) in [7, 11) is 0. The number of anilines is 1. The summed E-state index contributed by atoms with van der Waals surface area (Å²) in [5.74, 6) is 0. The Balaban J connectivity index is 1.90. The number of benzene rings is 1. The Kier molecular flexibility index (Phi) is 4.09. The van der Waals surface area contributed by atoms with Crippen molar-refractivity contribution in [1.82, 2.24) is 5.32 Å². The van der Waals surface area contributed by atoms with Crippen molar-refractivity contribution in [3.63, 3.8) is 0 Å². The second kappa shape index (κ2) is 5.69. The molecular formula is C17H25BrN2. The molecule has 1 aromatic carbocycles. The minimum Gasteiger partial charge on any atom is -0.365 e. The van der Waals surface area contributed by atoms with E-state index in [2.05, 4.69) is 58.2 Å². The second-order valence-electron chi connectivity index (χ2n) is 6.55. The molecule has 1 aromatic rings. The van der Waals surface area contributed by atoms with E-state index in [0.29, 0.717) is 11.6 Å². The first-order valence-electron chi connectivity index (χ1n) is 7.91. The standard InChI is InChI=1S/C17H25BrN2/c1-3-15-11-19-17(6-4-5-7-17)12-20(15)16-9-13(2)8-14(18)10-16/h8-10,15,19H,3-7,11-12H2,1-2H3. The van der Waals surface area contributed by atoms with Crippen LogP contribution >= 0.6 is 15.9 Å². The number of halogens is 1. The quantitative estimate of drug-likeness (QED) is 0.867. The molecule has 1 spiro atoms. The molecule has 0 radical (unpaired) electrons. The van der Waals surface area contributed by atoms with Crippen LogP contribution in [-0.2, 0) is 0 Å². The first-order chi connectivity index (χ1) is 9.62. The predicted octanol–water partition coefficient (Wildman–Crippen LogP) is 4.26. The molecule has 0 amide bonds. The van der Waals surface area contributed by atoms with Crippen molar-refractivity contribution in [3.8, 4) is 0 Å². The average Bonchev–Trinajstić information content (AvgIpc) is 2.86. The molecule has 1 heterocycles. The van der Waals surface area contributed by atoms with Gasteiger partial charge in [-0.2, -0.15) is 0 Å². The van der Waals surface area contributed by atoms with Crippen molar-refractivity contribution in [1.29, 1.82) is 0 Å². The van der Waals surface area contributed by atoms with Crippen molar-refractivity contribution >= 4 is 21.6 Å². The number of nitrogens with one attached hydrogen (secondary N) is 1. The summed E-state index contributed by atoms with van der Waals surface area (Å²) < 4.78 is 1.20. The lowest BCUT2D eigenvalue weighted by atomic mass is 9.91. The van der Waals surface area contributed by atoms with Crippen LogP contribution in [0.5, 0.6) is 0 Å². The molecule has 0 aromatic heterocycles. The van der Waals surface area contributed by atoms with E-state index in [-0.39, 0.29) is 0 Å². The van der Waals surface area contributed by atoms with Crippen LogP contribution < -0.4 is 10.2 Å². The SMILES string of the molecule is CCC1CNC2(CCCC2)CN1c1cc(C)cc(Br)c1. The van der Waals surface area contributed by atoms with E-state index in [4.69, 9.17) is 0 Å². The van der Waals surface area contributed by atoms with Gasteiger partial charge in [-0.25, -0.2) is 0 Å². The van der Waals surface area contributed by atoms with E-state index in [0.717, 1.165) is 6.54 Å². The molecule has 2 aliphatic rings. The highest BCUT2D eigenvalue weighted by molar-refractivity contribution is 9.10. The van der Waals surface area contributed by atoms with Crippen LogP contribution in [0.3, 0.4) is 0 Å². The van der Waals surface area contributed by atoms with Crippen LogP contribution in [0.1, 0.15) is 44.6 Å². The highest BCUT2D eigenvalue weighted by Crippen LogP contribution is 2.36. The Morgan fingerprint density at radius 2 is 2.05 bits per heavy atom. The summed E-state index contributed by atoms with van der Waals surface area (Å²) in [5.41, 5.74) is 3.10. The summed E-state index contributed by atoms with van der Waals surface area (Å²) in [6.07, 6.45) is 6.65. The van der Waals surface area contributed by atoms with E-state index < -0.39 is 0 Å². The fraction of sp³-hybridized carbons (Fsp3) is 0.647. The van der Waals surface area contributed by atoms with Gasteiger partial charge in [0.1, 0.15) is 0 Å². The van der Waals surface area contributed by atoms with Crippen LogP contribution in [0.4, 0.5) is 5.69 Å². The van der Waals surface area contributed by atoms with Gasteiger partial charge in [0, 0.05) is 34.8 Å². The molecule has 3 rings (SSSR count). The lowest BCUT2D eigenvalue weighted by Gasteiger charge is -2.47. The first kappa shape index (κ1) is 14.4. The lowest BCUT2D eigenvalue weighted by molar-refractivity contribution is 0.267. The van der Waals surface area contributed by atoms with Crippen LogP contribution in [-0.4, -0.2) is 24.7 Å². The van der Waals surface area contributed by atoms with E-state index in [1.54, 1.807) is 0 Å². The molecular weight excluding hydrogens is 312 g/mol. The number of nitrogens with zero attached hydrogens (tertiary/aromatic N) is 1. The molecule has 1 aliphatic carbocycles. The van der Waals surface area contributed by atoms with Gasteiger partial charge in [-0.1, -0.05) is 35.7 Å². The van der Waals surface area contributed by atoms with Crippen molar-refractivity contribution in [2.75, 3.05) is 18.0 Å². The Hall–Kier alpha value is -0.540. The Bertz CT molecular complexity index is 460. The van der Waals surface area contributed by atoms with Crippen molar-refractivity contribution < 1.29 is 0 Å². The fourth-order valence-electron chi connectivity index (χ4n) is 3.89. The lowest BCUT2D eigenvalue weighted by Crippen LogP contribution is -2.63. The van der Waals surface area contributed by atoms with Gasteiger partial charge in [-0.15, -0.1) is 0 Å². The van der Waals surface area contributed by atoms with Crippen LogP contribution in [0.25, 0.3) is 0 Å². The minimum absolute atomic E-state index is 0.377.